The fourth-order valence-electron chi connectivity index (χ4n) is 2.79. The van der Waals surface area contributed by atoms with Gasteiger partial charge in [-0.15, -0.1) is 11.3 Å². The van der Waals surface area contributed by atoms with Gasteiger partial charge in [-0.05, 0) is 30.2 Å². The lowest BCUT2D eigenvalue weighted by molar-refractivity contribution is 1.24. The second-order valence-electron chi connectivity index (χ2n) is 5.98. The van der Waals surface area contributed by atoms with Crippen molar-refractivity contribution < 1.29 is 0 Å². The predicted octanol–water partition coefficient (Wildman–Crippen LogP) is 5.31. The lowest BCUT2D eigenvalue weighted by Crippen LogP contribution is -1.96. The van der Waals surface area contributed by atoms with Crippen molar-refractivity contribution in [1.29, 1.82) is 0 Å². The quantitative estimate of drug-likeness (QED) is 0.548. The summed E-state index contributed by atoms with van der Waals surface area (Å²) in [5.74, 6) is 1.16. The molecular weight excluding hydrogens is 326 g/mol. The normalized spacial score (nSPS) is 10.9. The number of aryl methyl sites for hydroxylation is 1. The van der Waals surface area contributed by atoms with Crippen LogP contribution in [0.5, 0.6) is 0 Å². The predicted molar refractivity (Wildman–Crippen MR) is 107 cm³/mol. The molecule has 2 N–H and O–H groups in total. The molecule has 0 saturated carbocycles. The van der Waals surface area contributed by atoms with E-state index in [-0.39, 0.29) is 0 Å². The Balaban J connectivity index is 1.81. The minimum Gasteiger partial charge on any atom is -0.383 e. The van der Waals surface area contributed by atoms with Crippen molar-refractivity contribution in [1.82, 2.24) is 9.97 Å². The zero-order valence-electron chi connectivity index (χ0n) is 13.9. The van der Waals surface area contributed by atoms with Crippen molar-refractivity contribution in [2.45, 2.75) is 6.92 Å². The molecule has 0 aliphatic heterocycles. The molecule has 4 aromatic rings. The van der Waals surface area contributed by atoms with Crippen molar-refractivity contribution in [2.24, 2.45) is 0 Å². The summed E-state index contributed by atoms with van der Waals surface area (Å²) < 4.78 is 0. The summed E-state index contributed by atoms with van der Waals surface area (Å²) in [6.45, 7) is 6.29. The van der Waals surface area contributed by atoms with E-state index < -0.39 is 0 Å². The third-order valence-electron chi connectivity index (χ3n) is 4.12. The highest BCUT2D eigenvalue weighted by atomic mass is 32.1. The van der Waals surface area contributed by atoms with Gasteiger partial charge in [0.15, 0.2) is 5.82 Å². The molecular formula is C21H17N3S. The molecule has 2 aromatic carbocycles. The summed E-state index contributed by atoms with van der Waals surface area (Å²) in [6.07, 6.45) is 0. The number of aromatic nitrogens is 2. The van der Waals surface area contributed by atoms with Gasteiger partial charge in [0.2, 0.25) is 0 Å². The first kappa shape index (κ1) is 15.5. The van der Waals surface area contributed by atoms with E-state index in [0.717, 1.165) is 31.8 Å². The molecule has 3 nitrogen and oxygen atoms in total. The molecule has 0 aliphatic carbocycles. The maximum atomic E-state index is 6.21. The van der Waals surface area contributed by atoms with Gasteiger partial charge < -0.3 is 5.73 Å². The SMILES string of the molecule is C=C(c1ccccc1)c1cc2c(N)nc(-c3cccc(C)c3)nc2s1. The van der Waals surface area contributed by atoms with Gasteiger partial charge in [-0.1, -0.05) is 60.7 Å². The van der Waals surface area contributed by atoms with E-state index in [1.807, 2.05) is 36.4 Å². The van der Waals surface area contributed by atoms with Gasteiger partial charge in [0, 0.05) is 10.4 Å². The lowest BCUT2D eigenvalue weighted by atomic mass is 10.1. The first-order valence-corrected chi connectivity index (χ1v) is 8.82. The van der Waals surface area contributed by atoms with E-state index in [0.29, 0.717) is 11.6 Å². The van der Waals surface area contributed by atoms with Crippen LogP contribution in [0.3, 0.4) is 0 Å². The van der Waals surface area contributed by atoms with Crippen molar-refractivity contribution in [2.75, 3.05) is 5.73 Å². The number of nitrogens with two attached hydrogens (primary N) is 1. The van der Waals surface area contributed by atoms with Gasteiger partial charge in [0.1, 0.15) is 10.6 Å². The summed E-state index contributed by atoms with van der Waals surface area (Å²) in [7, 11) is 0. The molecule has 2 heterocycles. The first-order valence-electron chi connectivity index (χ1n) is 8.00. The zero-order valence-corrected chi connectivity index (χ0v) is 14.7. The fraction of sp³-hybridized carbons (Fsp3) is 0.0476. The molecule has 0 aliphatic rings. The zero-order chi connectivity index (χ0) is 17.4. The number of nitrogen functional groups attached to an aromatic ring is 1. The number of fused-ring (bicyclic) bond motifs is 1. The Hall–Kier alpha value is -2.98. The highest BCUT2D eigenvalue weighted by molar-refractivity contribution is 7.19. The standard InChI is InChI=1S/C21H17N3S/c1-13-7-6-10-16(11-13)20-23-19(22)17-12-18(25-21(17)24-20)14(2)15-8-4-3-5-9-15/h3-12H,2H2,1H3,(H2,22,23,24). The summed E-state index contributed by atoms with van der Waals surface area (Å²) in [5.41, 5.74) is 10.4. The Morgan fingerprint density at radius 1 is 1.00 bits per heavy atom. The van der Waals surface area contributed by atoms with E-state index in [4.69, 9.17) is 10.7 Å². The van der Waals surface area contributed by atoms with E-state index in [1.54, 1.807) is 11.3 Å². The van der Waals surface area contributed by atoms with Gasteiger partial charge in [-0.3, -0.25) is 0 Å². The van der Waals surface area contributed by atoms with E-state index in [2.05, 4.69) is 42.8 Å². The van der Waals surface area contributed by atoms with Gasteiger partial charge in [0.05, 0.1) is 5.39 Å². The highest BCUT2D eigenvalue weighted by Gasteiger charge is 2.13. The summed E-state index contributed by atoms with van der Waals surface area (Å²) >= 11 is 1.60. The molecule has 0 atom stereocenters. The van der Waals surface area contributed by atoms with Crippen LogP contribution in [0.2, 0.25) is 0 Å². The smallest absolute Gasteiger partial charge is 0.163 e. The molecule has 4 rings (SSSR count). The van der Waals surface area contributed by atoms with E-state index in [1.165, 1.54) is 5.56 Å². The molecule has 0 unspecified atom stereocenters. The maximum absolute atomic E-state index is 6.21. The molecule has 0 radical (unpaired) electrons. The Labute approximate surface area is 150 Å². The Kier molecular flexibility index (Phi) is 3.82. The number of thiophene rings is 1. The minimum absolute atomic E-state index is 0.505. The van der Waals surface area contributed by atoms with Crippen molar-refractivity contribution in [3.8, 4) is 11.4 Å². The Bertz CT molecular complexity index is 1080. The molecule has 0 fully saturated rings. The third-order valence-corrected chi connectivity index (χ3v) is 5.21. The van der Waals surface area contributed by atoms with Crippen LogP contribution >= 0.6 is 11.3 Å². The average molecular weight is 343 g/mol. The van der Waals surface area contributed by atoms with Crippen LogP contribution in [0.1, 0.15) is 16.0 Å². The maximum Gasteiger partial charge on any atom is 0.163 e. The molecule has 2 aromatic heterocycles. The molecule has 0 amide bonds. The van der Waals surface area contributed by atoms with Gasteiger partial charge in [-0.2, -0.15) is 0 Å². The van der Waals surface area contributed by atoms with Gasteiger partial charge in [-0.25, -0.2) is 9.97 Å². The van der Waals surface area contributed by atoms with E-state index in [9.17, 15) is 0 Å². The van der Waals surface area contributed by atoms with Crippen LogP contribution in [0.15, 0.2) is 67.2 Å². The van der Waals surface area contributed by atoms with Crippen LogP contribution in [-0.4, -0.2) is 9.97 Å². The van der Waals surface area contributed by atoms with Crippen LogP contribution in [-0.2, 0) is 0 Å². The average Bonchev–Trinajstić information content (AvgIpc) is 3.06. The second kappa shape index (κ2) is 6.15. The third kappa shape index (κ3) is 2.92. The van der Waals surface area contributed by atoms with Crippen LogP contribution < -0.4 is 5.73 Å². The summed E-state index contributed by atoms with van der Waals surface area (Å²) in [4.78, 5) is 11.2. The van der Waals surface area contributed by atoms with E-state index >= 15 is 0 Å². The molecule has 25 heavy (non-hydrogen) atoms. The van der Waals surface area contributed by atoms with Crippen LogP contribution in [0, 0.1) is 6.92 Å². The van der Waals surface area contributed by atoms with Gasteiger partial charge in [0.25, 0.3) is 0 Å². The number of hydrogen-bond donors (Lipinski definition) is 1. The minimum atomic E-state index is 0.505. The fourth-order valence-corrected chi connectivity index (χ4v) is 3.82. The van der Waals surface area contributed by atoms with Crippen LogP contribution in [0.4, 0.5) is 5.82 Å². The topological polar surface area (TPSA) is 51.8 Å². The largest absolute Gasteiger partial charge is 0.383 e. The number of benzene rings is 2. The summed E-state index contributed by atoms with van der Waals surface area (Å²) in [5, 5.41) is 0.883. The first-order chi connectivity index (χ1) is 12.1. The second-order valence-corrected chi connectivity index (χ2v) is 7.01. The van der Waals surface area contributed by atoms with Crippen LogP contribution in [0.25, 0.3) is 27.2 Å². The number of hydrogen-bond acceptors (Lipinski definition) is 4. The monoisotopic (exact) mass is 343 g/mol. The number of anilines is 1. The molecule has 0 bridgehead atoms. The Morgan fingerprint density at radius 2 is 1.80 bits per heavy atom. The van der Waals surface area contributed by atoms with Gasteiger partial charge >= 0.3 is 0 Å². The lowest BCUT2D eigenvalue weighted by Gasteiger charge is -2.03. The number of nitrogens with zero attached hydrogens (tertiary/aromatic N) is 2. The highest BCUT2D eigenvalue weighted by Crippen LogP contribution is 2.35. The molecule has 0 spiro atoms. The van der Waals surface area contributed by atoms with Crippen molar-refractivity contribution in [3.63, 3.8) is 0 Å². The number of rotatable bonds is 3. The Morgan fingerprint density at radius 3 is 2.56 bits per heavy atom. The molecule has 0 saturated heterocycles. The molecule has 122 valence electrons. The van der Waals surface area contributed by atoms with Crippen molar-refractivity contribution >= 4 is 32.9 Å². The van der Waals surface area contributed by atoms with Crippen molar-refractivity contribution in [3.05, 3.63) is 83.2 Å². The summed E-state index contributed by atoms with van der Waals surface area (Å²) in [6, 6.07) is 20.3. The molecule has 4 heteroatoms.